The number of aliphatic imine (C=N–C) groups is 1. The molecular formula is C22H30IN5O3S. The Morgan fingerprint density at radius 1 is 1.31 bits per heavy atom. The van der Waals surface area contributed by atoms with Gasteiger partial charge in [0.25, 0.3) is 0 Å². The number of ether oxygens (including phenoxy) is 1. The third kappa shape index (κ3) is 6.41. The van der Waals surface area contributed by atoms with E-state index in [1.165, 1.54) is 22.5 Å². The Bertz CT molecular complexity index is 978. The van der Waals surface area contributed by atoms with Crippen LogP contribution in [0.4, 0.5) is 0 Å². The van der Waals surface area contributed by atoms with Gasteiger partial charge in [0.2, 0.25) is 5.91 Å². The van der Waals surface area contributed by atoms with Crippen LogP contribution in [0.1, 0.15) is 51.4 Å². The van der Waals surface area contributed by atoms with E-state index in [1.54, 1.807) is 20.9 Å². The summed E-state index contributed by atoms with van der Waals surface area (Å²) >= 11 is 1.30. The number of fused-ring (bicyclic) bond motifs is 1. The maximum absolute atomic E-state index is 12.7. The zero-order chi connectivity index (χ0) is 22.4. The van der Waals surface area contributed by atoms with Gasteiger partial charge in [-0.3, -0.25) is 9.79 Å². The Kier molecular flexibility index (Phi) is 9.88. The minimum Gasteiger partial charge on any atom is -0.462 e. The van der Waals surface area contributed by atoms with E-state index in [0.717, 1.165) is 18.0 Å². The van der Waals surface area contributed by atoms with E-state index in [4.69, 9.17) is 4.74 Å². The van der Waals surface area contributed by atoms with Gasteiger partial charge in [-0.25, -0.2) is 9.78 Å². The average Bonchev–Trinajstić information content (AvgIpc) is 3.18. The predicted octanol–water partition coefficient (Wildman–Crippen LogP) is 3.06. The van der Waals surface area contributed by atoms with E-state index in [2.05, 4.69) is 32.7 Å². The van der Waals surface area contributed by atoms with Crippen molar-refractivity contribution in [1.82, 2.24) is 20.5 Å². The number of esters is 1. The number of nitrogens with one attached hydrogen (secondary N) is 2. The molecule has 0 saturated carbocycles. The van der Waals surface area contributed by atoms with Gasteiger partial charge in [0, 0.05) is 20.1 Å². The molecule has 174 valence electrons. The number of guanidine groups is 1. The molecule has 1 unspecified atom stereocenters. The molecule has 2 N–H and O–H groups in total. The lowest BCUT2D eigenvalue weighted by molar-refractivity contribution is -0.130. The summed E-state index contributed by atoms with van der Waals surface area (Å²) in [4.78, 5) is 35.8. The maximum Gasteiger partial charge on any atom is 0.350 e. The second-order valence-electron chi connectivity index (χ2n) is 7.31. The second-order valence-corrected chi connectivity index (χ2v) is 8.34. The Hall–Kier alpha value is -2.21. The molecule has 32 heavy (non-hydrogen) atoms. The van der Waals surface area contributed by atoms with E-state index in [9.17, 15) is 9.59 Å². The van der Waals surface area contributed by atoms with Gasteiger partial charge in [-0.15, -0.1) is 35.3 Å². The molecule has 0 bridgehead atoms. The van der Waals surface area contributed by atoms with Crippen molar-refractivity contribution in [3.8, 4) is 0 Å². The number of aryl methyl sites for hydroxylation is 1. The first-order valence-corrected chi connectivity index (χ1v) is 11.2. The molecule has 0 aliphatic carbocycles. The first kappa shape index (κ1) is 26.0. The third-order valence-corrected chi connectivity index (χ3v) is 6.43. The summed E-state index contributed by atoms with van der Waals surface area (Å²) in [6, 6.07) is 8.05. The van der Waals surface area contributed by atoms with Gasteiger partial charge in [-0.05, 0) is 38.3 Å². The van der Waals surface area contributed by atoms with Crippen LogP contribution < -0.4 is 10.6 Å². The van der Waals surface area contributed by atoms with Crippen molar-refractivity contribution < 1.29 is 14.3 Å². The maximum atomic E-state index is 12.7. The molecular weight excluding hydrogens is 541 g/mol. The van der Waals surface area contributed by atoms with Crippen LogP contribution in [0, 0.1) is 6.92 Å². The van der Waals surface area contributed by atoms with Crippen molar-refractivity contribution in [2.45, 2.75) is 39.8 Å². The molecule has 0 spiro atoms. The first-order valence-electron chi connectivity index (χ1n) is 10.4. The molecule has 2 aromatic rings. The van der Waals surface area contributed by atoms with Crippen LogP contribution in [-0.4, -0.2) is 54.5 Å². The van der Waals surface area contributed by atoms with Gasteiger partial charge < -0.3 is 20.3 Å². The fraction of sp³-hybridized carbons (Fsp3) is 0.455. The molecule has 0 saturated heterocycles. The van der Waals surface area contributed by atoms with E-state index in [1.807, 2.05) is 24.0 Å². The largest absolute Gasteiger partial charge is 0.462 e. The van der Waals surface area contributed by atoms with Gasteiger partial charge in [0.05, 0.1) is 24.9 Å². The SMILES string of the molecule is CCOC(=O)c1sc(C(C)NC(=NC)NCC(=O)N2CCc3ccccc3C2)nc1C.I. The minimum atomic E-state index is -0.354. The number of amides is 1. The lowest BCUT2D eigenvalue weighted by Crippen LogP contribution is -2.46. The lowest BCUT2D eigenvalue weighted by atomic mass is 10.00. The van der Waals surface area contributed by atoms with Crippen LogP contribution in [0.15, 0.2) is 29.3 Å². The standard InChI is InChI=1S/C22H29N5O3S.HI/c1-5-30-21(29)19-14(2)25-20(31-19)15(3)26-22(23-4)24-12-18(28)27-11-10-16-8-6-7-9-17(16)13-27;/h6-9,15H,5,10-13H2,1-4H3,(H2,23,24,26);1H. The van der Waals surface area contributed by atoms with E-state index in [0.29, 0.717) is 29.7 Å². The summed E-state index contributed by atoms with van der Waals surface area (Å²) < 4.78 is 5.08. The number of thiazole rings is 1. The zero-order valence-electron chi connectivity index (χ0n) is 18.8. The van der Waals surface area contributed by atoms with Gasteiger partial charge in [-0.2, -0.15) is 0 Å². The number of benzene rings is 1. The molecule has 0 radical (unpaired) electrons. The number of carbonyl (C=O) groups is 2. The highest BCUT2D eigenvalue weighted by Crippen LogP contribution is 2.24. The Morgan fingerprint density at radius 3 is 2.72 bits per heavy atom. The van der Waals surface area contributed by atoms with E-state index in [-0.39, 0.29) is 48.4 Å². The monoisotopic (exact) mass is 571 g/mol. The molecule has 10 heteroatoms. The van der Waals surface area contributed by atoms with E-state index >= 15 is 0 Å². The molecule has 8 nitrogen and oxygen atoms in total. The Morgan fingerprint density at radius 2 is 2.03 bits per heavy atom. The molecule has 1 amide bonds. The highest BCUT2D eigenvalue weighted by Gasteiger charge is 2.22. The number of nitrogens with zero attached hydrogens (tertiary/aromatic N) is 3. The quantitative estimate of drug-likeness (QED) is 0.240. The van der Waals surface area contributed by atoms with Crippen LogP contribution in [0.25, 0.3) is 0 Å². The fourth-order valence-electron chi connectivity index (χ4n) is 3.43. The van der Waals surface area contributed by atoms with Crippen molar-refractivity contribution in [2.75, 3.05) is 26.7 Å². The minimum absolute atomic E-state index is 0. The first-order chi connectivity index (χ1) is 14.9. The van der Waals surface area contributed by atoms with Crippen molar-refractivity contribution >= 4 is 53.1 Å². The summed E-state index contributed by atoms with van der Waals surface area (Å²) in [7, 11) is 1.65. The van der Waals surface area contributed by atoms with Crippen molar-refractivity contribution in [3.05, 3.63) is 51.0 Å². The smallest absolute Gasteiger partial charge is 0.350 e. The number of rotatable bonds is 6. The number of hydrogen-bond donors (Lipinski definition) is 2. The average molecular weight is 571 g/mol. The molecule has 1 aliphatic rings. The number of halogens is 1. The predicted molar refractivity (Wildman–Crippen MR) is 137 cm³/mol. The van der Waals surface area contributed by atoms with Gasteiger partial charge in [0.1, 0.15) is 9.88 Å². The molecule has 0 fully saturated rings. The summed E-state index contributed by atoms with van der Waals surface area (Å²) in [6.07, 6.45) is 0.873. The fourth-order valence-corrected chi connectivity index (χ4v) is 4.39. The summed E-state index contributed by atoms with van der Waals surface area (Å²) in [5, 5.41) is 7.07. The van der Waals surface area contributed by atoms with Crippen LogP contribution in [-0.2, 0) is 22.5 Å². The molecule has 1 aromatic heterocycles. The van der Waals surface area contributed by atoms with E-state index < -0.39 is 0 Å². The lowest BCUT2D eigenvalue weighted by Gasteiger charge is -2.29. The van der Waals surface area contributed by atoms with Crippen molar-refractivity contribution in [2.24, 2.45) is 4.99 Å². The summed E-state index contributed by atoms with van der Waals surface area (Å²) in [5.41, 5.74) is 3.16. The summed E-state index contributed by atoms with van der Waals surface area (Å²) in [6.45, 7) is 7.33. The molecule has 3 rings (SSSR count). The Balaban J connectivity index is 0.00000363. The normalized spacial score (nSPS) is 14.1. The topological polar surface area (TPSA) is 95.9 Å². The third-order valence-electron chi connectivity index (χ3n) is 5.11. The summed E-state index contributed by atoms with van der Waals surface area (Å²) in [5.74, 6) is 0.177. The Labute approximate surface area is 209 Å². The van der Waals surface area contributed by atoms with Crippen LogP contribution in [0.5, 0.6) is 0 Å². The van der Waals surface area contributed by atoms with Crippen molar-refractivity contribution in [3.63, 3.8) is 0 Å². The highest BCUT2D eigenvalue weighted by molar-refractivity contribution is 14.0. The molecule has 1 atom stereocenters. The van der Waals surface area contributed by atoms with Gasteiger partial charge >= 0.3 is 5.97 Å². The molecule has 2 heterocycles. The number of hydrogen-bond acceptors (Lipinski definition) is 6. The van der Waals surface area contributed by atoms with Crippen molar-refractivity contribution in [1.29, 1.82) is 0 Å². The van der Waals surface area contributed by atoms with Crippen LogP contribution in [0.2, 0.25) is 0 Å². The van der Waals surface area contributed by atoms with Gasteiger partial charge in [-0.1, -0.05) is 24.3 Å². The number of carbonyl (C=O) groups excluding carboxylic acids is 2. The number of aromatic nitrogens is 1. The van der Waals surface area contributed by atoms with Crippen LogP contribution >= 0.6 is 35.3 Å². The second kappa shape index (κ2) is 12.1. The molecule has 1 aliphatic heterocycles. The van der Waals surface area contributed by atoms with Gasteiger partial charge in [0.15, 0.2) is 5.96 Å². The highest BCUT2D eigenvalue weighted by atomic mass is 127. The van der Waals surface area contributed by atoms with Crippen LogP contribution in [0.3, 0.4) is 0 Å². The zero-order valence-corrected chi connectivity index (χ0v) is 22.0. The molecule has 1 aromatic carbocycles.